The molecule has 2 N–H and O–H groups in total. The zero-order chi connectivity index (χ0) is 19.5. The van der Waals surface area contributed by atoms with Crippen LogP contribution >= 0.6 is 0 Å². The third-order valence-corrected chi connectivity index (χ3v) is 4.16. The molecule has 0 saturated carbocycles. The lowest BCUT2D eigenvalue weighted by Gasteiger charge is -2.17. The van der Waals surface area contributed by atoms with Gasteiger partial charge in [-0.2, -0.15) is 0 Å². The van der Waals surface area contributed by atoms with Crippen molar-refractivity contribution in [2.45, 2.75) is 25.3 Å². The second-order valence-electron chi connectivity index (χ2n) is 6.12. The monoisotopic (exact) mass is 370 g/mol. The first kappa shape index (κ1) is 20.3. The number of carbonyl (C=O) groups is 2. The Bertz CT molecular complexity index is 717. The summed E-state index contributed by atoms with van der Waals surface area (Å²) in [7, 11) is 2.90. The van der Waals surface area contributed by atoms with Crippen LogP contribution in [0.15, 0.2) is 54.6 Å². The summed E-state index contributed by atoms with van der Waals surface area (Å²) in [5.74, 6) is 0.253. The van der Waals surface area contributed by atoms with Crippen LogP contribution in [-0.2, 0) is 22.4 Å². The van der Waals surface area contributed by atoms with Crippen LogP contribution in [-0.4, -0.2) is 38.8 Å². The maximum Gasteiger partial charge on any atom is 0.328 e. The first-order valence-corrected chi connectivity index (χ1v) is 8.91. The number of methoxy groups -OCH3 is 2. The van der Waals surface area contributed by atoms with Crippen LogP contribution in [0.3, 0.4) is 0 Å². The number of hydrogen-bond acceptors (Lipinski definition) is 4. The highest BCUT2D eigenvalue weighted by molar-refractivity contribution is 5.83. The molecule has 6 heteroatoms. The number of carbonyl (C=O) groups excluding carboxylic acids is 2. The minimum Gasteiger partial charge on any atom is -0.497 e. The molecule has 2 aromatic carbocycles. The van der Waals surface area contributed by atoms with Gasteiger partial charge >= 0.3 is 12.0 Å². The molecule has 144 valence electrons. The quantitative estimate of drug-likeness (QED) is 0.526. The molecular formula is C21H26N2O4. The van der Waals surface area contributed by atoms with Gasteiger partial charge in [-0.25, -0.2) is 9.59 Å². The van der Waals surface area contributed by atoms with E-state index < -0.39 is 12.0 Å². The highest BCUT2D eigenvalue weighted by Crippen LogP contribution is 2.13. The highest BCUT2D eigenvalue weighted by atomic mass is 16.5. The van der Waals surface area contributed by atoms with Crippen molar-refractivity contribution in [2.75, 3.05) is 20.8 Å². The molecule has 1 atom stereocenters. The van der Waals surface area contributed by atoms with E-state index in [1.165, 1.54) is 12.7 Å². The Morgan fingerprint density at radius 2 is 1.67 bits per heavy atom. The first-order valence-electron chi connectivity index (χ1n) is 8.91. The number of nitrogens with one attached hydrogen (secondary N) is 2. The van der Waals surface area contributed by atoms with Gasteiger partial charge in [0.05, 0.1) is 14.2 Å². The normalized spacial score (nSPS) is 11.3. The Hall–Kier alpha value is -3.02. The van der Waals surface area contributed by atoms with Crippen molar-refractivity contribution >= 4 is 12.0 Å². The Kier molecular flexibility index (Phi) is 8.16. The van der Waals surface area contributed by atoms with Gasteiger partial charge in [0, 0.05) is 13.0 Å². The van der Waals surface area contributed by atoms with Crippen molar-refractivity contribution in [1.29, 1.82) is 0 Å². The van der Waals surface area contributed by atoms with E-state index in [-0.39, 0.29) is 6.03 Å². The van der Waals surface area contributed by atoms with Crippen molar-refractivity contribution in [3.63, 3.8) is 0 Å². The van der Waals surface area contributed by atoms with Crippen molar-refractivity contribution in [3.8, 4) is 5.75 Å². The summed E-state index contributed by atoms with van der Waals surface area (Å²) >= 11 is 0. The van der Waals surface area contributed by atoms with E-state index >= 15 is 0 Å². The smallest absolute Gasteiger partial charge is 0.328 e. The number of aryl methyl sites for hydroxylation is 1. The second-order valence-corrected chi connectivity index (χ2v) is 6.12. The van der Waals surface area contributed by atoms with E-state index in [1.54, 1.807) is 7.11 Å². The van der Waals surface area contributed by atoms with Gasteiger partial charge in [0.25, 0.3) is 0 Å². The average Bonchev–Trinajstić information content (AvgIpc) is 2.71. The van der Waals surface area contributed by atoms with Crippen molar-refractivity contribution in [1.82, 2.24) is 10.6 Å². The Morgan fingerprint density at radius 3 is 2.30 bits per heavy atom. The Morgan fingerprint density at radius 1 is 0.963 bits per heavy atom. The summed E-state index contributed by atoms with van der Waals surface area (Å²) in [6, 6.07) is 16.3. The first-order chi connectivity index (χ1) is 13.1. The lowest BCUT2D eigenvalue weighted by molar-refractivity contribution is -0.142. The van der Waals surface area contributed by atoms with Crippen LogP contribution in [0.25, 0.3) is 0 Å². The fourth-order valence-electron chi connectivity index (χ4n) is 2.68. The predicted molar refractivity (Wildman–Crippen MR) is 104 cm³/mol. The number of amides is 2. The largest absolute Gasteiger partial charge is 0.497 e. The number of hydrogen-bond donors (Lipinski definition) is 2. The molecule has 0 aliphatic carbocycles. The molecule has 0 heterocycles. The Balaban J connectivity index is 1.81. The maximum atomic E-state index is 12.1. The molecule has 0 aliphatic heterocycles. The fourth-order valence-corrected chi connectivity index (χ4v) is 2.68. The van der Waals surface area contributed by atoms with Crippen LogP contribution in [0.4, 0.5) is 4.79 Å². The van der Waals surface area contributed by atoms with Gasteiger partial charge in [-0.3, -0.25) is 0 Å². The van der Waals surface area contributed by atoms with Crippen LogP contribution in [0.1, 0.15) is 17.5 Å². The topological polar surface area (TPSA) is 76.7 Å². The SMILES string of the molecule is COC(=O)[C@H](Cc1ccc(OC)cc1)NC(=O)NCCCc1ccccc1. The molecule has 2 rings (SSSR count). The van der Waals surface area contributed by atoms with E-state index in [4.69, 9.17) is 9.47 Å². The summed E-state index contributed by atoms with van der Waals surface area (Å²) in [5.41, 5.74) is 2.13. The van der Waals surface area contributed by atoms with Crippen LogP contribution in [0.2, 0.25) is 0 Å². The molecule has 27 heavy (non-hydrogen) atoms. The second kappa shape index (κ2) is 10.9. The van der Waals surface area contributed by atoms with Gasteiger partial charge in [-0.15, -0.1) is 0 Å². The summed E-state index contributed by atoms with van der Waals surface area (Å²) in [4.78, 5) is 24.1. The molecular weight excluding hydrogens is 344 g/mol. The summed E-state index contributed by atoms with van der Waals surface area (Å²) in [6.07, 6.45) is 2.04. The van der Waals surface area contributed by atoms with Crippen LogP contribution < -0.4 is 15.4 Å². The molecule has 0 saturated heterocycles. The minimum absolute atomic E-state index is 0.341. The van der Waals surface area contributed by atoms with Gasteiger partial charge in [-0.05, 0) is 36.1 Å². The fraction of sp³-hybridized carbons (Fsp3) is 0.333. The van der Waals surface area contributed by atoms with E-state index in [0.717, 1.165) is 24.2 Å². The number of benzene rings is 2. The van der Waals surface area contributed by atoms with E-state index in [9.17, 15) is 9.59 Å². The number of esters is 1. The van der Waals surface area contributed by atoms with Gasteiger partial charge in [-0.1, -0.05) is 42.5 Å². The third kappa shape index (κ3) is 7.01. The molecule has 0 bridgehead atoms. The van der Waals surface area contributed by atoms with E-state index in [2.05, 4.69) is 22.8 Å². The van der Waals surface area contributed by atoms with Gasteiger partial charge in [0.1, 0.15) is 11.8 Å². The standard InChI is InChI=1S/C21H26N2O4/c1-26-18-12-10-17(11-13-18)15-19(20(24)27-2)23-21(25)22-14-6-9-16-7-4-3-5-8-16/h3-5,7-8,10-13,19H,6,9,14-15H2,1-2H3,(H2,22,23,25)/t19-/m0/s1. The summed E-state index contributed by atoms with van der Waals surface area (Å²) in [5, 5.41) is 5.48. The minimum atomic E-state index is -0.752. The summed E-state index contributed by atoms with van der Waals surface area (Å²) in [6.45, 7) is 0.525. The number of urea groups is 1. The van der Waals surface area contributed by atoms with Crippen molar-refractivity contribution in [3.05, 3.63) is 65.7 Å². The zero-order valence-electron chi connectivity index (χ0n) is 15.7. The lowest BCUT2D eigenvalue weighted by atomic mass is 10.1. The number of ether oxygens (including phenoxy) is 2. The molecule has 2 amide bonds. The molecule has 0 unspecified atom stereocenters. The predicted octanol–water partition coefficient (Wildman–Crippen LogP) is 2.71. The molecule has 0 fully saturated rings. The van der Waals surface area contributed by atoms with Crippen molar-refractivity contribution < 1.29 is 19.1 Å². The molecule has 0 aliphatic rings. The molecule has 0 spiro atoms. The van der Waals surface area contributed by atoms with Gasteiger partial charge in [0.2, 0.25) is 0 Å². The van der Waals surface area contributed by atoms with Gasteiger partial charge in [0.15, 0.2) is 0 Å². The summed E-state index contributed by atoms with van der Waals surface area (Å²) < 4.78 is 9.93. The number of rotatable bonds is 9. The molecule has 6 nitrogen and oxygen atoms in total. The third-order valence-electron chi connectivity index (χ3n) is 4.16. The zero-order valence-corrected chi connectivity index (χ0v) is 15.7. The molecule has 2 aromatic rings. The van der Waals surface area contributed by atoms with Gasteiger partial charge < -0.3 is 20.1 Å². The van der Waals surface area contributed by atoms with E-state index in [0.29, 0.717) is 13.0 Å². The molecule has 0 radical (unpaired) electrons. The van der Waals surface area contributed by atoms with E-state index in [1.807, 2.05) is 42.5 Å². The Labute approximate surface area is 159 Å². The lowest BCUT2D eigenvalue weighted by Crippen LogP contribution is -2.47. The average molecular weight is 370 g/mol. The van der Waals surface area contributed by atoms with Crippen LogP contribution in [0, 0.1) is 0 Å². The molecule has 0 aromatic heterocycles. The highest BCUT2D eigenvalue weighted by Gasteiger charge is 2.21. The van der Waals surface area contributed by atoms with Crippen LogP contribution in [0.5, 0.6) is 5.75 Å². The van der Waals surface area contributed by atoms with Crippen molar-refractivity contribution in [2.24, 2.45) is 0 Å². The maximum absolute atomic E-state index is 12.1.